The molecule has 0 aromatic heterocycles. The fourth-order valence-corrected chi connectivity index (χ4v) is 2.50. The molecule has 2 unspecified atom stereocenters. The summed E-state index contributed by atoms with van der Waals surface area (Å²) in [6.45, 7) is 4.80. The summed E-state index contributed by atoms with van der Waals surface area (Å²) in [6.07, 6.45) is 0.688. The van der Waals surface area contributed by atoms with Gasteiger partial charge in [-0.1, -0.05) is 13.0 Å². The first-order valence-electron chi connectivity index (χ1n) is 6.43. The molecule has 1 aromatic rings. The van der Waals surface area contributed by atoms with Gasteiger partial charge in [0.25, 0.3) is 0 Å². The lowest BCUT2D eigenvalue weighted by molar-refractivity contribution is 0.0318. The summed E-state index contributed by atoms with van der Waals surface area (Å²) >= 11 is 0. The molecule has 2 atom stereocenters. The van der Waals surface area contributed by atoms with Gasteiger partial charge in [0, 0.05) is 37.0 Å². The van der Waals surface area contributed by atoms with E-state index in [4.69, 9.17) is 10.5 Å². The standard InChI is InChI=1S/C14H22N2O2/c1-10-8-16(6-5-13(10)17)9-11-3-4-12(15)7-14(11)18-2/h3-4,7,10,13,17H,5-6,8-9,15H2,1-2H3. The van der Waals surface area contributed by atoms with Crippen LogP contribution in [0.15, 0.2) is 18.2 Å². The second kappa shape index (κ2) is 5.59. The number of hydrogen-bond acceptors (Lipinski definition) is 4. The smallest absolute Gasteiger partial charge is 0.125 e. The van der Waals surface area contributed by atoms with Crippen LogP contribution in [0.3, 0.4) is 0 Å². The van der Waals surface area contributed by atoms with Crippen LogP contribution in [0.1, 0.15) is 18.9 Å². The topological polar surface area (TPSA) is 58.7 Å². The Bertz CT molecular complexity index is 409. The number of likely N-dealkylation sites (tertiary alicyclic amines) is 1. The van der Waals surface area contributed by atoms with Crippen LogP contribution < -0.4 is 10.5 Å². The molecule has 1 heterocycles. The fraction of sp³-hybridized carbons (Fsp3) is 0.571. The summed E-state index contributed by atoms with van der Waals surface area (Å²) < 4.78 is 5.36. The Morgan fingerprint density at radius 1 is 1.50 bits per heavy atom. The molecular weight excluding hydrogens is 228 g/mol. The van der Waals surface area contributed by atoms with E-state index in [2.05, 4.69) is 11.8 Å². The number of ether oxygens (including phenoxy) is 1. The van der Waals surface area contributed by atoms with E-state index in [9.17, 15) is 5.11 Å². The molecule has 0 saturated carbocycles. The van der Waals surface area contributed by atoms with E-state index in [0.717, 1.165) is 43.1 Å². The number of rotatable bonds is 3. The number of piperidine rings is 1. The Hall–Kier alpha value is -1.26. The first kappa shape index (κ1) is 13.2. The van der Waals surface area contributed by atoms with E-state index in [1.54, 1.807) is 7.11 Å². The highest BCUT2D eigenvalue weighted by atomic mass is 16.5. The zero-order valence-electron chi connectivity index (χ0n) is 11.1. The summed E-state index contributed by atoms with van der Waals surface area (Å²) in [7, 11) is 1.67. The van der Waals surface area contributed by atoms with Crippen LogP contribution in [0.2, 0.25) is 0 Å². The van der Waals surface area contributed by atoms with Gasteiger partial charge in [0.1, 0.15) is 5.75 Å². The Balaban J connectivity index is 2.05. The predicted molar refractivity (Wildman–Crippen MR) is 72.5 cm³/mol. The monoisotopic (exact) mass is 250 g/mol. The van der Waals surface area contributed by atoms with Crippen molar-refractivity contribution in [3.05, 3.63) is 23.8 Å². The minimum absolute atomic E-state index is 0.158. The van der Waals surface area contributed by atoms with Crippen LogP contribution >= 0.6 is 0 Å². The van der Waals surface area contributed by atoms with Crippen LogP contribution in [-0.4, -0.2) is 36.3 Å². The highest BCUT2D eigenvalue weighted by molar-refractivity contribution is 5.48. The highest BCUT2D eigenvalue weighted by Crippen LogP contribution is 2.25. The minimum atomic E-state index is -0.158. The molecule has 100 valence electrons. The summed E-state index contributed by atoms with van der Waals surface area (Å²) in [4.78, 5) is 2.35. The molecule has 4 heteroatoms. The SMILES string of the molecule is COc1cc(N)ccc1CN1CCC(O)C(C)C1. The minimum Gasteiger partial charge on any atom is -0.496 e. The van der Waals surface area contributed by atoms with Gasteiger partial charge in [0.15, 0.2) is 0 Å². The molecule has 0 amide bonds. The molecule has 1 fully saturated rings. The van der Waals surface area contributed by atoms with Crippen molar-refractivity contribution in [2.75, 3.05) is 25.9 Å². The van der Waals surface area contributed by atoms with E-state index in [-0.39, 0.29) is 6.10 Å². The molecular formula is C14H22N2O2. The van der Waals surface area contributed by atoms with Crippen molar-refractivity contribution >= 4 is 5.69 Å². The number of nitrogens with zero attached hydrogens (tertiary/aromatic N) is 1. The number of benzene rings is 1. The molecule has 3 N–H and O–H groups in total. The van der Waals surface area contributed by atoms with Gasteiger partial charge in [0.2, 0.25) is 0 Å². The number of nitrogens with two attached hydrogens (primary N) is 1. The summed E-state index contributed by atoms with van der Waals surface area (Å²) in [5.74, 6) is 1.17. The maximum atomic E-state index is 9.73. The molecule has 1 saturated heterocycles. The molecule has 2 rings (SSSR count). The third-order valence-corrected chi connectivity index (χ3v) is 3.65. The number of methoxy groups -OCH3 is 1. The zero-order valence-corrected chi connectivity index (χ0v) is 11.1. The first-order valence-corrected chi connectivity index (χ1v) is 6.43. The molecule has 0 bridgehead atoms. The van der Waals surface area contributed by atoms with Gasteiger partial charge in [-0.25, -0.2) is 0 Å². The van der Waals surface area contributed by atoms with E-state index in [1.807, 2.05) is 18.2 Å². The number of nitrogen functional groups attached to an aromatic ring is 1. The third kappa shape index (κ3) is 2.94. The highest BCUT2D eigenvalue weighted by Gasteiger charge is 2.24. The summed E-state index contributed by atoms with van der Waals surface area (Å²) in [5.41, 5.74) is 7.62. The number of aliphatic hydroxyl groups excluding tert-OH is 1. The largest absolute Gasteiger partial charge is 0.496 e. The van der Waals surface area contributed by atoms with Gasteiger partial charge in [-0.3, -0.25) is 4.90 Å². The van der Waals surface area contributed by atoms with Crippen molar-refractivity contribution in [1.82, 2.24) is 4.90 Å². The van der Waals surface area contributed by atoms with Crippen LogP contribution in [0.4, 0.5) is 5.69 Å². The maximum absolute atomic E-state index is 9.73. The van der Waals surface area contributed by atoms with Crippen molar-refractivity contribution in [2.45, 2.75) is 26.0 Å². The Morgan fingerprint density at radius 3 is 2.94 bits per heavy atom. The molecule has 18 heavy (non-hydrogen) atoms. The Kier molecular flexibility index (Phi) is 4.09. The van der Waals surface area contributed by atoms with Crippen molar-refractivity contribution in [3.63, 3.8) is 0 Å². The van der Waals surface area contributed by atoms with E-state index < -0.39 is 0 Å². The average molecular weight is 250 g/mol. The van der Waals surface area contributed by atoms with Crippen molar-refractivity contribution in [1.29, 1.82) is 0 Å². The number of anilines is 1. The number of hydrogen-bond donors (Lipinski definition) is 2. The lowest BCUT2D eigenvalue weighted by Crippen LogP contribution is -2.41. The average Bonchev–Trinajstić information content (AvgIpc) is 2.36. The molecule has 1 aliphatic rings. The van der Waals surface area contributed by atoms with Gasteiger partial charge in [-0.15, -0.1) is 0 Å². The predicted octanol–water partition coefficient (Wildman–Crippen LogP) is 1.48. The quantitative estimate of drug-likeness (QED) is 0.798. The Labute approximate surface area is 108 Å². The van der Waals surface area contributed by atoms with Gasteiger partial charge >= 0.3 is 0 Å². The van der Waals surface area contributed by atoms with Crippen molar-refractivity contribution < 1.29 is 9.84 Å². The van der Waals surface area contributed by atoms with Gasteiger partial charge in [-0.2, -0.15) is 0 Å². The van der Waals surface area contributed by atoms with Crippen LogP contribution in [0, 0.1) is 5.92 Å². The lowest BCUT2D eigenvalue weighted by Gasteiger charge is -2.34. The van der Waals surface area contributed by atoms with Gasteiger partial charge in [-0.05, 0) is 18.4 Å². The molecule has 4 nitrogen and oxygen atoms in total. The summed E-state index contributed by atoms with van der Waals surface area (Å²) in [6, 6.07) is 5.78. The normalized spacial score (nSPS) is 25.1. The Morgan fingerprint density at radius 2 is 2.28 bits per heavy atom. The summed E-state index contributed by atoms with van der Waals surface area (Å²) in [5, 5.41) is 9.73. The van der Waals surface area contributed by atoms with E-state index in [1.165, 1.54) is 0 Å². The van der Waals surface area contributed by atoms with Crippen molar-refractivity contribution in [2.24, 2.45) is 5.92 Å². The first-order chi connectivity index (χ1) is 8.60. The third-order valence-electron chi connectivity index (χ3n) is 3.65. The van der Waals surface area contributed by atoms with Gasteiger partial charge in [0.05, 0.1) is 13.2 Å². The second-order valence-corrected chi connectivity index (χ2v) is 5.14. The van der Waals surface area contributed by atoms with Gasteiger partial charge < -0.3 is 15.6 Å². The van der Waals surface area contributed by atoms with Crippen LogP contribution in [0.5, 0.6) is 5.75 Å². The van der Waals surface area contributed by atoms with Crippen LogP contribution in [0.25, 0.3) is 0 Å². The van der Waals surface area contributed by atoms with Crippen LogP contribution in [-0.2, 0) is 6.54 Å². The zero-order chi connectivity index (χ0) is 13.1. The molecule has 0 aliphatic carbocycles. The maximum Gasteiger partial charge on any atom is 0.125 e. The molecule has 1 aromatic carbocycles. The molecule has 0 radical (unpaired) electrons. The van der Waals surface area contributed by atoms with Crippen molar-refractivity contribution in [3.8, 4) is 5.75 Å². The fourth-order valence-electron chi connectivity index (χ4n) is 2.50. The van der Waals surface area contributed by atoms with E-state index in [0.29, 0.717) is 5.92 Å². The number of aliphatic hydroxyl groups is 1. The van der Waals surface area contributed by atoms with E-state index >= 15 is 0 Å². The second-order valence-electron chi connectivity index (χ2n) is 5.14. The molecule has 1 aliphatic heterocycles. The molecule has 0 spiro atoms. The lowest BCUT2D eigenvalue weighted by atomic mass is 9.96.